The molecule has 3 aliphatic rings. The van der Waals surface area contributed by atoms with Gasteiger partial charge in [0.1, 0.15) is 17.9 Å². The lowest BCUT2D eigenvalue weighted by Gasteiger charge is -2.32. The zero-order valence-electron chi connectivity index (χ0n) is 16.6. The van der Waals surface area contributed by atoms with Gasteiger partial charge in [-0.3, -0.25) is 4.79 Å². The minimum atomic E-state index is -1.31. The van der Waals surface area contributed by atoms with Gasteiger partial charge in [-0.1, -0.05) is 0 Å². The Kier molecular flexibility index (Phi) is 3.93. The Hall–Kier alpha value is -2.61. The van der Waals surface area contributed by atoms with Crippen LogP contribution in [0, 0.1) is 11.2 Å². The molecule has 2 atom stereocenters. The summed E-state index contributed by atoms with van der Waals surface area (Å²) < 4.78 is 23.0. The van der Waals surface area contributed by atoms with E-state index in [1.807, 2.05) is 11.8 Å². The number of ether oxygens (including phenoxy) is 1. The monoisotopic (exact) mass is 401 g/mol. The smallest absolute Gasteiger partial charge is 0.341 e. The number of benzene rings is 1. The Morgan fingerprint density at radius 1 is 1.31 bits per heavy atom. The van der Waals surface area contributed by atoms with Crippen LogP contribution in [0.4, 0.5) is 10.1 Å². The number of pyridine rings is 1. The second-order valence-corrected chi connectivity index (χ2v) is 8.84. The predicted molar refractivity (Wildman–Crippen MR) is 107 cm³/mol. The molecule has 3 aliphatic heterocycles. The van der Waals surface area contributed by atoms with Gasteiger partial charge in [0.15, 0.2) is 11.6 Å². The van der Waals surface area contributed by atoms with E-state index in [0.29, 0.717) is 23.6 Å². The van der Waals surface area contributed by atoms with Gasteiger partial charge in [0.2, 0.25) is 5.43 Å². The van der Waals surface area contributed by atoms with Gasteiger partial charge in [-0.2, -0.15) is 0 Å². The summed E-state index contributed by atoms with van der Waals surface area (Å²) in [6.07, 6.45) is 3.45. The normalized spacial score (nSPS) is 26.4. The molecule has 0 aliphatic carbocycles. The van der Waals surface area contributed by atoms with Crippen LogP contribution >= 0.6 is 0 Å². The fourth-order valence-electron chi connectivity index (χ4n) is 5.28. The van der Waals surface area contributed by atoms with Crippen molar-refractivity contribution in [2.45, 2.75) is 25.8 Å². The summed E-state index contributed by atoms with van der Waals surface area (Å²) in [6.45, 7) is 5.72. The first-order valence-electron chi connectivity index (χ1n) is 10.0. The first kappa shape index (κ1) is 18.4. The lowest BCUT2D eigenvalue weighted by Crippen LogP contribution is -2.32. The van der Waals surface area contributed by atoms with E-state index in [-0.39, 0.29) is 22.4 Å². The van der Waals surface area contributed by atoms with Crippen LogP contribution in [0.1, 0.15) is 36.2 Å². The largest absolute Gasteiger partial charge is 0.487 e. The third-order valence-electron chi connectivity index (χ3n) is 6.76. The van der Waals surface area contributed by atoms with Crippen molar-refractivity contribution in [3.63, 3.8) is 0 Å². The summed E-state index contributed by atoms with van der Waals surface area (Å²) in [7, 11) is 2.11. The van der Waals surface area contributed by atoms with E-state index in [2.05, 4.69) is 11.9 Å². The molecule has 0 amide bonds. The highest BCUT2D eigenvalue weighted by atomic mass is 19.1. The second kappa shape index (κ2) is 6.19. The quantitative estimate of drug-likeness (QED) is 0.833. The molecule has 2 fully saturated rings. The summed E-state index contributed by atoms with van der Waals surface area (Å²) in [5, 5.41) is 9.46. The maximum atomic E-state index is 15.3. The van der Waals surface area contributed by atoms with Crippen LogP contribution in [-0.2, 0) is 0 Å². The number of aromatic nitrogens is 1. The maximum Gasteiger partial charge on any atom is 0.341 e. The van der Waals surface area contributed by atoms with Crippen molar-refractivity contribution >= 4 is 22.6 Å². The molecule has 0 saturated carbocycles. The highest BCUT2D eigenvalue weighted by Gasteiger charge is 2.44. The summed E-state index contributed by atoms with van der Waals surface area (Å²) in [5.41, 5.74) is 0.0195. The van der Waals surface area contributed by atoms with Gasteiger partial charge in [-0.25, -0.2) is 9.18 Å². The van der Waals surface area contributed by atoms with Gasteiger partial charge < -0.3 is 24.2 Å². The van der Waals surface area contributed by atoms with E-state index in [1.165, 1.54) is 12.3 Å². The van der Waals surface area contributed by atoms with Crippen molar-refractivity contribution in [3.8, 4) is 5.75 Å². The molecule has 1 aromatic carbocycles. The zero-order valence-corrected chi connectivity index (χ0v) is 16.6. The fourth-order valence-corrected chi connectivity index (χ4v) is 5.28. The number of carboxylic acids is 1. The van der Waals surface area contributed by atoms with Gasteiger partial charge in [0.05, 0.1) is 16.9 Å². The highest BCUT2D eigenvalue weighted by molar-refractivity contribution is 5.97. The van der Waals surface area contributed by atoms with Gasteiger partial charge in [0.25, 0.3) is 0 Å². The molecule has 29 heavy (non-hydrogen) atoms. The molecule has 7 nitrogen and oxygen atoms in total. The van der Waals surface area contributed by atoms with Gasteiger partial charge in [-0.15, -0.1) is 0 Å². The van der Waals surface area contributed by atoms with Crippen molar-refractivity contribution < 1.29 is 19.0 Å². The lowest BCUT2D eigenvalue weighted by atomic mass is 9.86. The van der Waals surface area contributed by atoms with Gasteiger partial charge >= 0.3 is 5.97 Å². The number of anilines is 1. The number of nitrogens with zero attached hydrogens (tertiary/aromatic N) is 3. The molecule has 8 heteroatoms. The number of aromatic carboxylic acids is 1. The molecule has 0 bridgehead atoms. The van der Waals surface area contributed by atoms with Crippen molar-refractivity contribution in [2.24, 2.45) is 5.41 Å². The number of halogens is 1. The predicted octanol–water partition coefficient (Wildman–Crippen LogP) is 2.32. The average molecular weight is 401 g/mol. The number of likely N-dealkylation sites (tertiary alicyclic amines) is 1. The third kappa shape index (κ3) is 2.65. The van der Waals surface area contributed by atoms with E-state index < -0.39 is 17.2 Å². The third-order valence-corrected chi connectivity index (χ3v) is 6.76. The molecule has 1 N–H and O–H groups in total. The molecule has 2 saturated heterocycles. The Balaban J connectivity index is 1.69. The molecule has 5 rings (SSSR count). The van der Waals surface area contributed by atoms with Crippen LogP contribution in [0.25, 0.3) is 10.9 Å². The summed E-state index contributed by atoms with van der Waals surface area (Å²) in [4.78, 5) is 28.6. The van der Waals surface area contributed by atoms with Crippen LogP contribution in [-0.4, -0.2) is 60.4 Å². The van der Waals surface area contributed by atoms with E-state index in [4.69, 9.17) is 4.74 Å². The minimum absolute atomic E-state index is 0.0576. The molecular formula is C21H24FN3O4. The van der Waals surface area contributed by atoms with Crippen LogP contribution in [0.5, 0.6) is 5.75 Å². The fraction of sp³-hybridized carbons (Fsp3) is 0.524. The lowest BCUT2D eigenvalue weighted by molar-refractivity contribution is 0.0694. The standard InChI is InChI=1S/C21H24FN3O4/c1-12-9-29-19-16-13(18(26)14(20(27)28)8-25(12)16)7-15(22)17(19)24-6-4-21(11-24)3-5-23(2)10-21/h7-8,12H,3-6,9-11H2,1-2H3,(H,27,28)/t12-,21?/m0/s1. The number of carboxylic acid groups (broad SMARTS) is 1. The zero-order chi connectivity index (χ0) is 20.5. The molecule has 154 valence electrons. The number of hydrogen-bond donors (Lipinski definition) is 1. The van der Waals surface area contributed by atoms with E-state index >= 15 is 4.39 Å². The summed E-state index contributed by atoms with van der Waals surface area (Å²) in [5.74, 6) is -1.48. The van der Waals surface area contributed by atoms with Gasteiger partial charge in [-0.05, 0) is 39.4 Å². The van der Waals surface area contributed by atoms with Crippen molar-refractivity contribution in [1.82, 2.24) is 9.47 Å². The molecular weight excluding hydrogens is 377 g/mol. The number of hydrogen-bond acceptors (Lipinski definition) is 5. The number of carbonyl (C=O) groups is 1. The van der Waals surface area contributed by atoms with E-state index in [1.54, 1.807) is 4.57 Å². The Bertz CT molecular complexity index is 1100. The Morgan fingerprint density at radius 2 is 2.07 bits per heavy atom. The topological polar surface area (TPSA) is 75.0 Å². The van der Waals surface area contributed by atoms with Crippen LogP contribution in [0.15, 0.2) is 17.1 Å². The van der Waals surface area contributed by atoms with Crippen molar-refractivity contribution in [2.75, 3.05) is 44.7 Å². The molecule has 1 unspecified atom stereocenters. The van der Waals surface area contributed by atoms with Crippen LogP contribution in [0.3, 0.4) is 0 Å². The van der Waals surface area contributed by atoms with Crippen LogP contribution < -0.4 is 15.1 Å². The van der Waals surface area contributed by atoms with Crippen LogP contribution in [0.2, 0.25) is 0 Å². The molecule has 2 aromatic rings. The number of rotatable bonds is 2. The first-order valence-corrected chi connectivity index (χ1v) is 10.0. The van der Waals surface area contributed by atoms with E-state index in [9.17, 15) is 14.7 Å². The second-order valence-electron chi connectivity index (χ2n) is 8.84. The summed E-state index contributed by atoms with van der Waals surface area (Å²) >= 11 is 0. The Morgan fingerprint density at radius 3 is 2.76 bits per heavy atom. The average Bonchev–Trinajstić information content (AvgIpc) is 3.24. The minimum Gasteiger partial charge on any atom is -0.487 e. The van der Waals surface area contributed by atoms with Gasteiger partial charge in [0, 0.05) is 31.2 Å². The molecule has 4 heterocycles. The summed E-state index contributed by atoms with van der Waals surface area (Å²) in [6, 6.07) is 1.03. The maximum absolute atomic E-state index is 15.3. The molecule has 1 spiro atoms. The molecule has 0 radical (unpaired) electrons. The highest BCUT2D eigenvalue weighted by Crippen LogP contribution is 2.47. The SMILES string of the molecule is C[C@H]1COc2c(N3CCC4(CCN(C)C4)C3)c(F)cc3c(=O)c(C(=O)O)cn1c23. The molecule has 1 aromatic heterocycles. The Labute approximate surface area is 167 Å². The van der Waals surface area contributed by atoms with E-state index in [0.717, 1.165) is 39.0 Å². The first-order chi connectivity index (χ1) is 13.8. The van der Waals surface area contributed by atoms with Crippen molar-refractivity contribution in [3.05, 3.63) is 33.9 Å². The van der Waals surface area contributed by atoms with Crippen molar-refractivity contribution in [1.29, 1.82) is 0 Å².